The van der Waals surface area contributed by atoms with E-state index in [0.717, 1.165) is 0 Å². The molecule has 5 nitrogen and oxygen atoms in total. The van der Waals surface area contributed by atoms with Gasteiger partial charge in [-0.1, -0.05) is 46.9 Å². The first-order chi connectivity index (χ1) is 13.0. The molecule has 148 valence electrons. The van der Waals surface area contributed by atoms with Crippen molar-refractivity contribution in [2.75, 3.05) is 0 Å². The molecule has 0 aromatic heterocycles. The summed E-state index contributed by atoms with van der Waals surface area (Å²) in [4.78, 5) is 25.2. The molecule has 0 fully saturated rings. The van der Waals surface area contributed by atoms with Gasteiger partial charge in [0.1, 0.15) is 0 Å². The van der Waals surface area contributed by atoms with Gasteiger partial charge in [-0.2, -0.15) is 0 Å². The second kappa shape index (κ2) is 9.09. The number of rotatable bonds is 2. The van der Waals surface area contributed by atoms with Crippen molar-refractivity contribution in [1.29, 1.82) is 0 Å². The number of carbonyl (C=O) groups is 2. The molecule has 2 N–H and O–H groups in total. The zero-order chi connectivity index (χ0) is 21.1. The quantitative estimate of drug-likeness (QED) is 0.485. The number of halogens is 3. The van der Waals surface area contributed by atoms with Gasteiger partial charge in [0, 0.05) is 5.02 Å². The summed E-state index contributed by atoms with van der Waals surface area (Å²) in [6, 6.07) is 11.1. The van der Waals surface area contributed by atoms with Gasteiger partial charge in [0.25, 0.3) is 11.8 Å². The number of nitrogens with one attached hydrogen (secondary N) is 2. The number of hydrogen-bond acceptors (Lipinski definition) is 3. The zero-order valence-corrected chi connectivity index (χ0v) is 18.4. The van der Waals surface area contributed by atoms with Crippen LogP contribution in [0.5, 0.6) is 0 Å². The van der Waals surface area contributed by atoms with Gasteiger partial charge in [0.15, 0.2) is 5.11 Å². The second-order valence-electron chi connectivity index (χ2n) is 6.81. The lowest BCUT2D eigenvalue weighted by molar-refractivity contribution is 0.0761. The lowest BCUT2D eigenvalue weighted by Gasteiger charge is -2.37. The maximum absolute atomic E-state index is 12.7. The lowest BCUT2D eigenvalue weighted by atomic mass is 10.1. The van der Waals surface area contributed by atoms with Gasteiger partial charge in [-0.3, -0.25) is 25.3 Å². The summed E-state index contributed by atoms with van der Waals surface area (Å²) >= 11 is 23.4. The average Bonchev–Trinajstić information content (AvgIpc) is 2.58. The second-order valence-corrected chi connectivity index (χ2v) is 8.45. The number of amides is 2. The van der Waals surface area contributed by atoms with Crippen molar-refractivity contribution in [1.82, 2.24) is 15.8 Å². The topological polar surface area (TPSA) is 61.4 Å². The Morgan fingerprint density at radius 2 is 1.54 bits per heavy atom. The largest absolute Gasteiger partial charge is 0.297 e. The Morgan fingerprint density at radius 1 is 0.929 bits per heavy atom. The molecule has 2 aromatic rings. The Morgan fingerprint density at radius 3 is 2.11 bits per heavy atom. The predicted molar refractivity (Wildman–Crippen MR) is 117 cm³/mol. The van der Waals surface area contributed by atoms with E-state index in [9.17, 15) is 9.59 Å². The molecule has 0 atom stereocenters. The average molecular weight is 459 g/mol. The van der Waals surface area contributed by atoms with Crippen molar-refractivity contribution in [3.8, 4) is 0 Å². The fourth-order valence-corrected chi connectivity index (χ4v) is 3.35. The summed E-state index contributed by atoms with van der Waals surface area (Å²) in [6.45, 7) is 5.47. The van der Waals surface area contributed by atoms with Gasteiger partial charge < -0.3 is 0 Å². The van der Waals surface area contributed by atoms with Crippen LogP contribution in [0.15, 0.2) is 42.5 Å². The summed E-state index contributed by atoms with van der Waals surface area (Å²) in [7, 11) is 0. The van der Waals surface area contributed by atoms with Crippen molar-refractivity contribution in [2.24, 2.45) is 0 Å². The molecule has 0 unspecified atom stereocenters. The molecule has 0 aliphatic rings. The highest BCUT2D eigenvalue weighted by Gasteiger charge is 2.28. The van der Waals surface area contributed by atoms with Crippen LogP contribution >= 0.6 is 47.0 Å². The molecule has 28 heavy (non-hydrogen) atoms. The summed E-state index contributed by atoms with van der Waals surface area (Å²) < 4.78 is 0. The Kier molecular flexibility index (Phi) is 7.28. The van der Waals surface area contributed by atoms with Crippen LogP contribution in [0, 0.1) is 0 Å². The smallest absolute Gasteiger partial charge is 0.271 e. The predicted octanol–water partition coefficient (Wildman–Crippen LogP) is 5.11. The highest BCUT2D eigenvalue weighted by molar-refractivity contribution is 7.80. The van der Waals surface area contributed by atoms with Crippen molar-refractivity contribution in [3.05, 3.63) is 68.7 Å². The fourth-order valence-electron chi connectivity index (χ4n) is 2.22. The zero-order valence-electron chi connectivity index (χ0n) is 15.3. The van der Waals surface area contributed by atoms with Crippen LogP contribution in [0.4, 0.5) is 0 Å². The maximum atomic E-state index is 12.7. The van der Waals surface area contributed by atoms with Gasteiger partial charge in [0.05, 0.1) is 26.7 Å². The molecule has 0 saturated carbocycles. The van der Waals surface area contributed by atoms with Crippen molar-refractivity contribution in [2.45, 2.75) is 26.3 Å². The minimum atomic E-state index is -0.639. The highest BCUT2D eigenvalue weighted by Crippen LogP contribution is 2.22. The standard InChI is InChI=1S/C19H18Cl3N3O2S/c1-19(2,3)25(24-17(27)13-9-8-11(20)10-15(13)22)18(28)23-16(26)12-6-4-5-7-14(12)21/h4-10H,1-3H3,(H,24,27)(H,23,26,28). The van der Waals surface area contributed by atoms with Crippen molar-refractivity contribution < 1.29 is 9.59 Å². The Labute approximate surface area is 183 Å². The maximum Gasteiger partial charge on any atom is 0.271 e. The molecule has 0 aliphatic heterocycles. The minimum absolute atomic E-state index is 0.0101. The molecule has 0 spiro atoms. The molecule has 0 bridgehead atoms. The van der Waals surface area contributed by atoms with E-state index >= 15 is 0 Å². The third-order valence-electron chi connectivity index (χ3n) is 3.60. The van der Waals surface area contributed by atoms with Crippen LogP contribution in [-0.2, 0) is 0 Å². The fraction of sp³-hybridized carbons (Fsp3) is 0.211. The number of thiocarbonyl (C=S) groups is 1. The molecule has 2 rings (SSSR count). The highest BCUT2D eigenvalue weighted by atomic mass is 35.5. The summed E-state index contributed by atoms with van der Waals surface area (Å²) in [5.41, 5.74) is 2.54. The molecular formula is C19H18Cl3N3O2S. The number of hydrazine groups is 1. The molecular weight excluding hydrogens is 441 g/mol. The molecule has 2 aromatic carbocycles. The first-order valence-electron chi connectivity index (χ1n) is 8.17. The first-order valence-corrected chi connectivity index (χ1v) is 9.71. The minimum Gasteiger partial charge on any atom is -0.297 e. The third kappa shape index (κ3) is 5.58. The molecule has 0 radical (unpaired) electrons. The van der Waals surface area contributed by atoms with Gasteiger partial charge in [-0.15, -0.1) is 0 Å². The summed E-state index contributed by atoms with van der Waals surface area (Å²) in [5.74, 6) is -0.977. The number of hydrogen-bond donors (Lipinski definition) is 2. The SMILES string of the molecule is CC(C)(C)N(NC(=O)c1ccc(Cl)cc1Cl)C(=S)NC(=O)c1ccccc1Cl. The van der Waals surface area contributed by atoms with Crippen LogP contribution < -0.4 is 10.7 Å². The van der Waals surface area contributed by atoms with Crippen LogP contribution in [0.3, 0.4) is 0 Å². The normalized spacial score (nSPS) is 10.9. The molecule has 0 saturated heterocycles. The monoisotopic (exact) mass is 457 g/mol. The molecule has 0 heterocycles. The van der Waals surface area contributed by atoms with Gasteiger partial charge in [-0.25, -0.2) is 0 Å². The van der Waals surface area contributed by atoms with E-state index < -0.39 is 17.4 Å². The van der Waals surface area contributed by atoms with E-state index in [1.807, 2.05) is 20.8 Å². The number of benzene rings is 2. The van der Waals surface area contributed by atoms with Crippen LogP contribution in [0.1, 0.15) is 41.5 Å². The van der Waals surface area contributed by atoms with Crippen molar-refractivity contribution >= 4 is 63.9 Å². The molecule has 9 heteroatoms. The van der Waals surface area contributed by atoms with E-state index in [1.165, 1.54) is 17.1 Å². The van der Waals surface area contributed by atoms with Crippen LogP contribution in [0.2, 0.25) is 15.1 Å². The van der Waals surface area contributed by atoms with Gasteiger partial charge >= 0.3 is 0 Å². The van der Waals surface area contributed by atoms with Gasteiger partial charge in [-0.05, 0) is 63.3 Å². The van der Waals surface area contributed by atoms with Gasteiger partial charge in [0.2, 0.25) is 0 Å². The Balaban J connectivity index is 2.21. The van der Waals surface area contributed by atoms with Crippen molar-refractivity contribution in [3.63, 3.8) is 0 Å². The number of carbonyl (C=O) groups excluding carboxylic acids is 2. The first kappa shape index (κ1) is 22.4. The van der Waals surface area contributed by atoms with E-state index in [-0.39, 0.29) is 21.3 Å². The third-order valence-corrected chi connectivity index (χ3v) is 4.76. The van der Waals surface area contributed by atoms with E-state index in [4.69, 9.17) is 47.0 Å². The number of nitrogens with zero attached hydrogens (tertiary/aromatic N) is 1. The molecule has 0 aliphatic carbocycles. The van der Waals surface area contributed by atoms with E-state index in [2.05, 4.69) is 10.7 Å². The van der Waals surface area contributed by atoms with Crippen LogP contribution in [0.25, 0.3) is 0 Å². The van der Waals surface area contributed by atoms with Crippen LogP contribution in [-0.4, -0.2) is 27.5 Å². The Hall–Kier alpha value is -1.86. The summed E-state index contributed by atoms with van der Waals surface area (Å²) in [5, 5.41) is 4.88. The lowest BCUT2D eigenvalue weighted by Crippen LogP contribution is -2.59. The summed E-state index contributed by atoms with van der Waals surface area (Å²) in [6.07, 6.45) is 0. The Bertz CT molecular complexity index is 929. The van der Waals surface area contributed by atoms with E-state index in [0.29, 0.717) is 10.0 Å². The van der Waals surface area contributed by atoms with E-state index in [1.54, 1.807) is 30.3 Å². The molecule has 2 amide bonds.